The number of ether oxygens (including phenoxy) is 1. The van der Waals surface area contributed by atoms with Crippen molar-refractivity contribution in [1.82, 2.24) is 4.57 Å². The molecule has 0 spiro atoms. The van der Waals surface area contributed by atoms with Gasteiger partial charge < -0.3 is 14.2 Å². The van der Waals surface area contributed by atoms with Crippen LogP contribution in [0.4, 0.5) is 17.1 Å². The minimum Gasteiger partial charge on any atom is -0.458 e. The Morgan fingerprint density at radius 3 is 1.93 bits per heavy atom. The number of rotatable bonds is 3. The van der Waals surface area contributed by atoms with Gasteiger partial charge in [0.05, 0.1) is 16.7 Å². The van der Waals surface area contributed by atoms with Crippen molar-refractivity contribution in [3.05, 3.63) is 140 Å². The van der Waals surface area contributed by atoms with Crippen molar-refractivity contribution in [2.24, 2.45) is 0 Å². The van der Waals surface area contributed by atoms with Gasteiger partial charge >= 0.3 is 0 Å². The number of nitrogens with zero attached hydrogens (tertiary/aromatic N) is 2. The van der Waals surface area contributed by atoms with Gasteiger partial charge in [-0.1, -0.05) is 84.9 Å². The zero-order valence-electron chi connectivity index (χ0n) is 21.7. The molecule has 2 aliphatic rings. The standard InChI is InChI=1S/C36H23BN2O/c1-3-12-24(13-4-1)38(25-14-5-2-6-15-25)31-20-11-16-26-27-22-23-33-34-36(27)39(35(26)31)30-19-9-7-17-28(30)37(34)29-18-8-10-21-32(29)40-33/h1-23H. The summed E-state index contributed by atoms with van der Waals surface area (Å²) < 4.78 is 9.04. The van der Waals surface area contributed by atoms with Gasteiger partial charge in [-0.2, -0.15) is 0 Å². The predicted molar refractivity (Wildman–Crippen MR) is 167 cm³/mol. The second-order valence-corrected chi connectivity index (χ2v) is 10.5. The quantitative estimate of drug-likeness (QED) is 0.234. The largest absolute Gasteiger partial charge is 0.458 e. The number of para-hydroxylation sites is 5. The molecule has 40 heavy (non-hydrogen) atoms. The van der Waals surface area contributed by atoms with Gasteiger partial charge in [-0.15, -0.1) is 0 Å². The lowest BCUT2D eigenvalue weighted by molar-refractivity contribution is 0.488. The van der Waals surface area contributed by atoms with E-state index in [1.165, 1.54) is 43.9 Å². The zero-order valence-corrected chi connectivity index (χ0v) is 21.7. The molecule has 4 heteroatoms. The molecule has 0 bridgehead atoms. The number of benzene rings is 6. The monoisotopic (exact) mass is 510 g/mol. The minimum atomic E-state index is 0.125. The molecular weight excluding hydrogens is 487 g/mol. The minimum absolute atomic E-state index is 0.125. The summed E-state index contributed by atoms with van der Waals surface area (Å²) in [4.78, 5) is 2.37. The van der Waals surface area contributed by atoms with Crippen LogP contribution in [0.5, 0.6) is 11.5 Å². The number of aromatic nitrogens is 1. The molecule has 6 aromatic carbocycles. The maximum Gasteiger partial charge on any atom is 0.256 e. The molecule has 0 saturated carbocycles. The number of anilines is 3. The summed E-state index contributed by atoms with van der Waals surface area (Å²) >= 11 is 0. The van der Waals surface area contributed by atoms with Crippen LogP contribution in [0.25, 0.3) is 27.5 Å². The normalized spacial score (nSPS) is 12.7. The van der Waals surface area contributed by atoms with Crippen LogP contribution in [0, 0.1) is 0 Å². The molecule has 0 unspecified atom stereocenters. The lowest BCUT2D eigenvalue weighted by atomic mass is 9.34. The predicted octanol–water partition coefficient (Wildman–Crippen LogP) is 7.19. The summed E-state index contributed by atoms with van der Waals surface area (Å²) in [6.45, 7) is 0.125. The Kier molecular flexibility index (Phi) is 4.41. The SMILES string of the molecule is c1ccc(N(c2ccccc2)c2cccc3c4ccc5c6c4n(c23)-c2ccccc2B6c2ccccc2O5)cc1. The first-order valence-electron chi connectivity index (χ1n) is 13.7. The van der Waals surface area contributed by atoms with E-state index in [-0.39, 0.29) is 6.71 Å². The summed E-state index contributed by atoms with van der Waals surface area (Å²) in [6.07, 6.45) is 0. The van der Waals surface area contributed by atoms with Crippen molar-refractivity contribution in [3.63, 3.8) is 0 Å². The summed E-state index contributed by atoms with van der Waals surface area (Å²) in [6, 6.07) is 49.8. The van der Waals surface area contributed by atoms with Crippen LogP contribution in [0.1, 0.15) is 0 Å². The molecule has 7 aromatic rings. The van der Waals surface area contributed by atoms with E-state index in [4.69, 9.17) is 4.74 Å². The smallest absolute Gasteiger partial charge is 0.256 e. The maximum absolute atomic E-state index is 6.55. The molecular formula is C36H23BN2O. The molecule has 0 N–H and O–H groups in total. The first-order valence-corrected chi connectivity index (χ1v) is 13.7. The maximum atomic E-state index is 6.55. The summed E-state index contributed by atoms with van der Waals surface area (Å²) in [5.41, 5.74) is 10.8. The van der Waals surface area contributed by atoms with Crippen molar-refractivity contribution in [2.75, 3.05) is 4.90 Å². The second-order valence-electron chi connectivity index (χ2n) is 10.5. The third-order valence-corrected chi connectivity index (χ3v) is 8.43. The van der Waals surface area contributed by atoms with E-state index in [2.05, 4.69) is 149 Å². The highest BCUT2D eigenvalue weighted by Crippen LogP contribution is 2.44. The van der Waals surface area contributed by atoms with Crippen LogP contribution in [0.15, 0.2) is 140 Å². The lowest BCUT2D eigenvalue weighted by Gasteiger charge is -2.33. The van der Waals surface area contributed by atoms with E-state index in [1.54, 1.807) is 0 Å². The average molecular weight is 510 g/mol. The van der Waals surface area contributed by atoms with Crippen LogP contribution >= 0.6 is 0 Å². The Morgan fingerprint density at radius 2 is 1.15 bits per heavy atom. The van der Waals surface area contributed by atoms with Gasteiger partial charge in [0.1, 0.15) is 11.5 Å². The Labute approximate surface area is 232 Å². The number of hydrogen-bond donors (Lipinski definition) is 0. The van der Waals surface area contributed by atoms with Crippen molar-refractivity contribution in [1.29, 1.82) is 0 Å². The molecule has 0 radical (unpaired) electrons. The van der Waals surface area contributed by atoms with Gasteiger partial charge in [0, 0.05) is 27.8 Å². The van der Waals surface area contributed by atoms with Crippen LogP contribution in [0.3, 0.4) is 0 Å². The zero-order chi connectivity index (χ0) is 26.2. The Balaban J connectivity index is 1.44. The summed E-state index contributed by atoms with van der Waals surface area (Å²) in [5.74, 6) is 1.89. The van der Waals surface area contributed by atoms with Crippen LogP contribution in [-0.2, 0) is 0 Å². The van der Waals surface area contributed by atoms with Gasteiger partial charge in [0.2, 0.25) is 0 Å². The molecule has 3 nitrogen and oxygen atoms in total. The fourth-order valence-corrected chi connectivity index (χ4v) is 6.86. The van der Waals surface area contributed by atoms with E-state index >= 15 is 0 Å². The first kappa shape index (κ1) is 21.7. The van der Waals surface area contributed by atoms with E-state index < -0.39 is 0 Å². The fourth-order valence-electron chi connectivity index (χ4n) is 6.86. The highest BCUT2D eigenvalue weighted by Gasteiger charge is 2.40. The summed E-state index contributed by atoms with van der Waals surface area (Å²) in [5, 5.41) is 2.49. The molecule has 186 valence electrons. The average Bonchev–Trinajstić information content (AvgIpc) is 3.37. The van der Waals surface area contributed by atoms with Crippen LogP contribution in [0.2, 0.25) is 0 Å². The van der Waals surface area contributed by atoms with E-state index in [0.29, 0.717) is 0 Å². The van der Waals surface area contributed by atoms with Gasteiger partial charge in [-0.3, -0.25) is 0 Å². The first-order chi connectivity index (χ1) is 19.9. The molecule has 3 heterocycles. The molecule has 2 aliphatic heterocycles. The van der Waals surface area contributed by atoms with E-state index in [1.807, 2.05) is 0 Å². The molecule has 0 aliphatic carbocycles. The van der Waals surface area contributed by atoms with Crippen molar-refractivity contribution >= 4 is 62.0 Å². The Bertz CT molecular complexity index is 2060. The molecule has 0 amide bonds. The third-order valence-electron chi connectivity index (χ3n) is 8.43. The fraction of sp³-hybridized carbons (Fsp3) is 0. The van der Waals surface area contributed by atoms with Gasteiger partial charge in [0.15, 0.2) is 0 Å². The summed E-state index contributed by atoms with van der Waals surface area (Å²) in [7, 11) is 0. The van der Waals surface area contributed by atoms with Gasteiger partial charge in [-0.25, -0.2) is 0 Å². The molecule has 0 saturated heterocycles. The number of hydrogen-bond acceptors (Lipinski definition) is 2. The second kappa shape index (κ2) is 8.14. The van der Waals surface area contributed by atoms with Gasteiger partial charge in [0.25, 0.3) is 6.71 Å². The van der Waals surface area contributed by atoms with Crippen molar-refractivity contribution in [2.45, 2.75) is 0 Å². The molecule has 0 atom stereocenters. The molecule has 9 rings (SSSR count). The van der Waals surface area contributed by atoms with Crippen molar-refractivity contribution < 1.29 is 4.74 Å². The van der Waals surface area contributed by atoms with Gasteiger partial charge in [-0.05, 0) is 71.0 Å². The van der Waals surface area contributed by atoms with E-state index in [0.717, 1.165) is 28.6 Å². The van der Waals surface area contributed by atoms with Crippen LogP contribution in [-0.4, -0.2) is 11.3 Å². The number of fused-ring (bicyclic) bond motifs is 8. The Morgan fingerprint density at radius 1 is 0.500 bits per heavy atom. The highest BCUT2D eigenvalue weighted by atomic mass is 16.5. The highest BCUT2D eigenvalue weighted by molar-refractivity contribution is 6.99. The van der Waals surface area contributed by atoms with E-state index in [9.17, 15) is 0 Å². The third kappa shape index (κ3) is 2.85. The van der Waals surface area contributed by atoms with Crippen molar-refractivity contribution in [3.8, 4) is 17.2 Å². The Hall–Kier alpha value is -5.22. The topological polar surface area (TPSA) is 17.4 Å². The molecule has 1 aromatic heterocycles. The lowest BCUT2D eigenvalue weighted by Crippen LogP contribution is -2.58. The van der Waals surface area contributed by atoms with Crippen LogP contribution < -0.4 is 26.0 Å². The molecule has 0 fully saturated rings.